The van der Waals surface area contributed by atoms with Crippen molar-refractivity contribution >= 4 is 75.0 Å². The zero-order valence-corrected chi connectivity index (χ0v) is 25.5. The van der Waals surface area contributed by atoms with Crippen LogP contribution in [-0.2, 0) is 0 Å². The Morgan fingerprint density at radius 1 is 0.413 bits per heavy atom. The van der Waals surface area contributed by atoms with Gasteiger partial charge in [0.15, 0.2) is 5.82 Å². The van der Waals surface area contributed by atoms with Crippen LogP contribution in [0.15, 0.2) is 152 Å². The molecule has 7 aromatic carbocycles. The van der Waals surface area contributed by atoms with Crippen LogP contribution in [0.2, 0.25) is 0 Å². The highest BCUT2D eigenvalue weighted by atomic mass is 32.1. The van der Waals surface area contributed by atoms with Gasteiger partial charge in [-0.25, -0.2) is 9.97 Å². The molecule has 214 valence electrons. The minimum absolute atomic E-state index is 0.721. The summed E-state index contributed by atoms with van der Waals surface area (Å²) < 4.78 is 4.87. The van der Waals surface area contributed by atoms with Gasteiger partial charge in [0.05, 0.1) is 16.6 Å². The molecule has 3 nitrogen and oxygen atoms in total. The summed E-state index contributed by atoms with van der Waals surface area (Å²) in [5, 5.41) is 8.45. The fourth-order valence-corrected chi connectivity index (χ4v) is 8.12. The van der Waals surface area contributed by atoms with E-state index in [1.54, 1.807) is 0 Å². The first-order valence-electron chi connectivity index (χ1n) is 15.5. The van der Waals surface area contributed by atoms with E-state index in [1.807, 2.05) is 11.3 Å². The van der Waals surface area contributed by atoms with E-state index in [0.717, 1.165) is 44.7 Å². The summed E-state index contributed by atoms with van der Waals surface area (Å²) in [6, 6.07) is 54.3. The van der Waals surface area contributed by atoms with Gasteiger partial charge in [-0.3, -0.25) is 4.57 Å². The predicted octanol–water partition coefficient (Wildman–Crippen LogP) is 11.6. The SMILES string of the molecule is c1ccc(-c2ccc3c(-n4c5ccccc5c5cc6ccccc6cc54)nc(-c4ccc5c(c4)sc4ccccc45)nc3c2)cc1. The van der Waals surface area contributed by atoms with Crippen molar-refractivity contribution in [3.05, 3.63) is 152 Å². The van der Waals surface area contributed by atoms with E-state index in [4.69, 9.17) is 9.97 Å². The van der Waals surface area contributed by atoms with Crippen LogP contribution in [-0.4, -0.2) is 14.5 Å². The topological polar surface area (TPSA) is 30.7 Å². The molecule has 0 aliphatic heterocycles. The summed E-state index contributed by atoms with van der Waals surface area (Å²) in [5.41, 5.74) is 6.50. The van der Waals surface area contributed by atoms with Crippen molar-refractivity contribution in [2.75, 3.05) is 0 Å². The fourth-order valence-electron chi connectivity index (χ4n) is 6.97. The standard InChI is InChI=1S/C42H25N3S/c1-2-10-26(11-3-1)29-18-21-34-36(23-29)43-41(30-19-20-33-32-15-7-9-17-39(32)46-40(33)25-30)44-42(34)45-37-16-8-6-14-31(37)35-22-27-12-4-5-13-28(27)24-38(35)45/h1-25H. The first-order chi connectivity index (χ1) is 22.8. The number of thiophene rings is 1. The largest absolute Gasteiger partial charge is 0.293 e. The third kappa shape index (κ3) is 3.84. The van der Waals surface area contributed by atoms with Gasteiger partial charge in [-0.1, -0.05) is 109 Å². The Morgan fingerprint density at radius 3 is 2.00 bits per heavy atom. The molecule has 0 N–H and O–H groups in total. The molecule has 3 aromatic heterocycles. The van der Waals surface area contributed by atoms with Gasteiger partial charge >= 0.3 is 0 Å². The van der Waals surface area contributed by atoms with Crippen LogP contribution < -0.4 is 0 Å². The Kier molecular flexibility index (Phi) is 5.45. The van der Waals surface area contributed by atoms with Crippen LogP contribution in [0.5, 0.6) is 0 Å². The number of benzene rings is 7. The maximum Gasteiger partial charge on any atom is 0.162 e. The van der Waals surface area contributed by atoms with Crippen LogP contribution in [0.4, 0.5) is 0 Å². The molecule has 0 spiro atoms. The van der Waals surface area contributed by atoms with Gasteiger partial charge in [0.1, 0.15) is 5.82 Å². The average Bonchev–Trinajstić information content (AvgIpc) is 3.65. The number of hydrogen-bond donors (Lipinski definition) is 0. The fraction of sp³-hybridized carbons (Fsp3) is 0. The van der Waals surface area contributed by atoms with Crippen molar-refractivity contribution in [2.24, 2.45) is 0 Å². The van der Waals surface area contributed by atoms with Crippen molar-refractivity contribution in [3.8, 4) is 28.3 Å². The molecule has 0 saturated carbocycles. The summed E-state index contributed by atoms with van der Waals surface area (Å²) in [6.07, 6.45) is 0. The minimum atomic E-state index is 0.721. The molecular weight excluding hydrogens is 579 g/mol. The first-order valence-corrected chi connectivity index (χ1v) is 16.3. The summed E-state index contributed by atoms with van der Waals surface area (Å²) in [6.45, 7) is 0. The van der Waals surface area contributed by atoms with Crippen molar-refractivity contribution < 1.29 is 0 Å². The molecule has 3 heterocycles. The Bertz CT molecular complexity index is 2810. The molecule has 10 rings (SSSR count). The molecule has 0 unspecified atom stereocenters. The molecule has 4 heteroatoms. The average molecular weight is 604 g/mol. The quantitative estimate of drug-likeness (QED) is 0.201. The number of aromatic nitrogens is 3. The van der Waals surface area contributed by atoms with Gasteiger partial charge in [0, 0.05) is 41.9 Å². The molecule has 0 aliphatic rings. The molecule has 10 aromatic rings. The number of nitrogens with zero attached hydrogens (tertiary/aromatic N) is 3. The minimum Gasteiger partial charge on any atom is -0.293 e. The van der Waals surface area contributed by atoms with Gasteiger partial charge in [0.2, 0.25) is 0 Å². The van der Waals surface area contributed by atoms with Crippen LogP contribution in [0.25, 0.3) is 92.0 Å². The maximum atomic E-state index is 5.41. The van der Waals surface area contributed by atoms with E-state index in [-0.39, 0.29) is 0 Å². The van der Waals surface area contributed by atoms with Gasteiger partial charge in [-0.2, -0.15) is 0 Å². The summed E-state index contributed by atoms with van der Waals surface area (Å²) in [4.78, 5) is 10.7. The second kappa shape index (κ2) is 9.83. The lowest BCUT2D eigenvalue weighted by atomic mass is 10.0. The van der Waals surface area contributed by atoms with E-state index in [0.29, 0.717) is 0 Å². The highest BCUT2D eigenvalue weighted by Gasteiger charge is 2.19. The maximum absolute atomic E-state index is 5.41. The molecular formula is C42H25N3S. The highest BCUT2D eigenvalue weighted by Crippen LogP contribution is 2.39. The van der Waals surface area contributed by atoms with Gasteiger partial charge < -0.3 is 0 Å². The second-order valence-corrected chi connectivity index (χ2v) is 12.9. The molecule has 0 bridgehead atoms. The Labute approximate surface area is 268 Å². The third-order valence-electron chi connectivity index (χ3n) is 9.17. The monoisotopic (exact) mass is 603 g/mol. The number of hydrogen-bond acceptors (Lipinski definition) is 3. The third-order valence-corrected chi connectivity index (χ3v) is 10.3. The number of rotatable bonds is 3. The van der Waals surface area contributed by atoms with Crippen LogP contribution in [0.1, 0.15) is 0 Å². The van der Waals surface area contributed by atoms with Crippen molar-refractivity contribution in [1.82, 2.24) is 14.5 Å². The lowest BCUT2D eigenvalue weighted by Crippen LogP contribution is -2.03. The molecule has 46 heavy (non-hydrogen) atoms. The predicted molar refractivity (Wildman–Crippen MR) is 195 cm³/mol. The van der Waals surface area contributed by atoms with Gasteiger partial charge in [-0.05, 0) is 64.4 Å². The first kappa shape index (κ1) is 25.5. The summed E-state index contributed by atoms with van der Waals surface area (Å²) in [5.74, 6) is 1.61. The molecule has 0 amide bonds. The van der Waals surface area contributed by atoms with Gasteiger partial charge in [0.25, 0.3) is 0 Å². The summed E-state index contributed by atoms with van der Waals surface area (Å²) >= 11 is 1.82. The van der Waals surface area contributed by atoms with Crippen molar-refractivity contribution in [3.63, 3.8) is 0 Å². The van der Waals surface area contributed by atoms with Gasteiger partial charge in [-0.15, -0.1) is 11.3 Å². The van der Waals surface area contributed by atoms with Crippen LogP contribution in [0.3, 0.4) is 0 Å². The number of fused-ring (bicyclic) bond motifs is 8. The Balaban J connectivity index is 1.30. The molecule has 0 atom stereocenters. The van der Waals surface area contributed by atoms with E-state index < -0.39 is 0 Å². The van der Waals surface area contributed by atoms with Crippen molar-refractivity contribution in [1.29, 1.82) is 0 Å². The lowest BCUT2D eigenvalue weighted by Gasteiger charge is -2.14. The van der Waals surface area contributed by atoms with Crippen LogP contribution in [0, 0.1) is 0 Å². The smallest absolute Gasteiger partial charge is 0.162 e. The van der Waals surface area contributed by atoms with E-state index in [9.17, 15) is 0 Å². The summed E-state index contributed by atoms with van der Waals surface area (Å²) in [7, 11) is 0. The van der Waals surface area contributed by atoms with E-state index in [2.05, 4.69) is 156 Å². The van der Waals surface area contributed by atoms with E-state index >= 15 is 0 Å². The highest BCUT2D eigenvalue weighted by molar-refractivity contribution is 7.25. The molecule has 0 radical (unpaired) electrons. The molecule has 0 saturated heterocycles. The zero-order valence-electron chi connectivity index (χ0n) is 24.7. The van der Waals surface area contributed by atoms with E-state index in [1.165, 1.54) is 47.3 Å². The number of para-hydroxylation sites is 1. The second-order valence-electron chi connectivity index (χ2n) is 11.8. The molecule has 0 aliphatic carbocycles. The normalized spacial score (nSPS) is 11.9. The van der Waals surface area contributed by atoms with Crippen molar-refractivity contribution in [2.45, 2.75) is 0 Å². The zero-order chi connectivity index (χ0) is 30.2. The molecule has 0 fully saturated rings. The lowest BCUT2D eigenvalue weighted by molar-refractivity contribution is 1.08. The Morgan fingerprint density at radius 2 is 1.11 bits per heavy atom. The van der Waals surface area contributed by atoms with Crippen LogP contribution >= 0.6 is 11.3 Å². The Hall–Kier alpha value is -5.84.